The molecule has 2 aromatic carbocycles. The quantitative estimate of drug-likeness (QED) is 0.687. The largest absolute Gasteiger partial charge is 0.352 e. The fourth-order valence-electron chi connectivity index (χ4n) is 2.09. The van der Waals surface area contributed by atoms with E-state index < -0.39 is 0 Å². The zero-order valence-electron chi connectivity index (χ0n) is 8.29. The van der Waals surface area contributed by atoms with E-state index in [0.717, 1.165) is 5.56 Å². The molecule has 1 N–H and O–H groups in total. The number of rotatable bonds is 0. The van der Waals surface area contributed by atoms with Crippen molar-refractivity contribution in [3.63, 3.8) is 0 Å². The molecular weight excluding hydrogens is 186 g/mol. The van der Waals surface area contributed by atoms with Crippen molar-refractivity contribution in [2.75, 3.05) is 0 Å². The molecule has 0 atom stereocenters. The van der Waals surface area contributed by atoms with Gasteiger partial charge in [0.15, 0.2) is 0 Å². The Hall–Kier alpha value is -1.83. The molecule has 0 spiro atoms. The molecule has 0 radical (unpaired) electrons. The van der Waals surface area contributed by atoms with Crippen LogP contribution in [0.3, 0.4) is 0 Å². The van der Waals surface area contributed by atoms with E-state index in [-0.39, 0.29) is 5.91 Å². The van der Waals surface area contributed by atoms with Gasteiger partial charge in [-0.2, -0.15) is 0 Å². The molecule has 1 amide bonds. The molecule has 0 saturated heterocycles. The topological polar surface area (TPSA) is 29.1 Å². The third-order valence-corrected chi connectivity index (χ3v) is 2.89. The van der Waals surface area contributed by atoms with Gasteiger partial charge in [0.2, 0.25) is 5.91 Å². The Morgan fingerprint density at radius 3 is 2.40 bits per heavy atom. The van der Waals surface area contributed by atoms with Gasteiger partial charge in [0, 0.05) is 6.54 Å². The van der Waals surface area contributed by atoms with Crippen molar-refractivity contribution < 1.29 is 4.79 Å². The van der Waals surface area contributed by atoms with Gasteiger partial charge in [-0.3, -0.25) is 4.79 Å². The summed E-state index contributed by atoms with van der Waals surface area (Å²) in [6, 6.07) is 12.6. The Morgan fingerprint density at radius 1 is 1.00 bits per heavy atom. The SMILES string of the molecule is O=C1Cc2cc3ccccc3cc2CN1. The van der Waals surface area contributed by atoms with Gasteiger partial charge in [-0.1, -0.05) is 30.3 Å². The van der Waals surface area contributed by atoms with Crippen LogP contribution in [0.1, 0.15) is 11.1 Å². The molecule has 2 nitrogen and oxygen atoms in total. The lowest BCUT2D eigenvalue weighted by atomic mass is 9.96. The van der Waals surface area contributed by atoms with Crippen LogP contribution >= 0.6 is 0 Å². The second-order valence-corrected chi connectivity index (χ2v) is 3.92. The first kappa shape index (κ1) is 8.48. The number of benzene rings is 2. The van der Waals surface area contributed by atoms with Crippen molar-refractivity contribution in [2.24, 2.45) is 0 Å². The molecule has 0 unspecified atom stereocenters. The van der Waals surface area contributed by atoms with E-state index >= 15 is 0 Å². The van der Waals surface area contributed by atoms with Gasteiger partial charge >= 0.3 is 0 Å². The van der Waals surface area contributed by atoms with E-state index in [1.165, 1.54) is 16.3 Å². The number of hydrogen-bond acceptors (Lipinski definition) is 1. The zero-order chi connectivity index (χ0) is 10.3. The van der Waals surface area contributed by atoms with Crippen LogP contribution in [0.15, 0.2) is 36.4 Å². The summed E-state index contributed by atoms with van der Waals surface area (Å²) in [5.41, 5.74) is 2.41. The second kappa shape index (κ2) is 3.09. The van der Waals surface area contributed by atoms with E-state index in [4.69, 9.17) is 0 Å². The Morgan fingerprint density at radius 2 is 1.67 bits per heavy atom. The molecule has 1 aliphatic heterocycles. The maximum atomic E-state index is 11.3. The smallest absolute Gasteiger partial charge is 0.224 e. The minimum Gasteiger partial charge on any atom is -0.352 e. The second-order valence-electron chi connectivity index (χ2n) is 3.92. The summed E-state index contributed by atoms with van der Waals surface area (Å²) in [4.78, 5) is 11.3. The van der Waals surface area contributed by atoms with E-state index in [1.54, 1.807) is 0 Å². The standard InChI is InChI=1S/C13H11NO/c15-13-7-11-5-9-3-1-2-4-10(9)6-12(11)8-14-13/h1-6H,7-8H2,(H,14,15). The van der Waals surface area contributed by atoms with Crippen LogP contribution in [0.4, 0.5) is 0 Å². The fourth-order valence-corrected chi connectivity index (χ4v) is 2.09. The lowest BCUT2D eigenvalue weighted by Gasteiger charge is -2.17. The molecule has 2 aromatic rings. The van der Waals surface area contributed by atoms with Gasteiger partial charge in [0.05, 0.1) is 6.42 Å². The number of amides is 1. The van der Waals surface area contributed by atoms with Gasteiger partial charge in [0.25, 0.3) is 0 Å². The highest BCUT2D eigenvalue weighted by Crippen LogP contribution is 2.22. The van der Waals surface area contributed by atoms with Gasteiger partial charge in [-0.25, -0.2) is 0 Å². The highest BCUT2D eigenvalue weighted by Gasteiger charge is 2.14. The van der Waals surface area contributed by atoms with Crippen molar-refractivity contribution in [1.82, 2.24) is 5.32 Å². The summed E-state index contributed by atoms with van der Waals surface area (Å²) in [5, 5.41) is 5.32. The van der Waals surface area contributed by atoms with Gasteiger partial charge < -0.3 is 5.32 Å². The van der Waals surface area contributed by atoms with Crippen LogP contribution < -0.4 is 5.32 Å². The normalized spacial score (nSPS) is 14.8. The van der Waals surface area contributed by atoms with Crippen molar-refractivity contribution in [1.29, 1.82) is 0 Å². The van der Waals surface area contributed by atoms with Crippen LogP contribution in [0.5, 0.6) is 0 Å². The molecule has 2 heteroatoms. The number of hydrogen-bond donors (Lipinski definition) is 1. The molecule has 1 aliphatic rings. The predicted octanol–water partition coefficient (Wildman–Crippen LogP) is 2.01. The third-order valence-electron chi connectivity index (χ3n) is 2.89. The van der Waals surface area contributed by atoms with E-state index in [1.807, 2.05) is 12.1 Å². The average Bonchev–Trinajstić information content (AvgIpc) is 2.26. The first-order chi connectivity index (χ1) is 7.33. The summed E-state index contributed by atoms with van der Waals surface area (Å²) in [6.45, 7) is 0.666. The minimum absolute atomic E-state index is 0.123. The third kappa shape index (κ3) is 1.38. The summed E-state index contributed by atoms with van der Waals surface area (Å²) in [7, 11) is 0. The van der Waals surface area contributed by atoms with Gasteiger partial charge in [0.1, 0.15) is 0 Å². The van der Waals surface area contributed by atoms with Crippen LogP contribution in [0, 0.1) is 0 Å². The number of fused-ring (bicyclic) bond motifs is 2. The summed E-state index contributed by atoms with van der Waals surface area (Å²) in [5.74, 6) is 0.123. The molecule has 0 aliphatic carbocycles. The molecule has 3 rings (SSSR count). The molecule has 74 valence electrons. The molecule has 1 heterocycles. The summed E-state index contributed by atoms with van der Waals surface area (Å²) >= 11 is 0. The molecule has 0 aromatic heterocycles. The maximum absolute atomic E-state index is 11.3. The summed E-state index contributed by atoms with van der Waals surface area (Å²) in [6.07, 6.45) is 0.514. The highest BCUT2D eigenvalue weighted by atomic mass is 16.1. The van der Waals surface area contributed by atoms with Crippen molar-refractivity contribution in [3.8, 4) is 0 Å². The number of nitrogens with one attached hydrogen (secondary N) is 1. The molecule has 0 saturated carbocycles. The first-order valence-corrected chi connectivity index (χ1v) is 5.10. The molecule has 0 fully saturated rings. The van der Waals surface area contributed by atoms with Crippen LogP contribution in [-0.2, 0) is 17.8 Å². The number of carbonyl (C=O) groups is 1. The Bertz CT molecular complexity index is 545. The van der Waals surface area contributed by atoms with Crippen LogP contribution in [-0.4, -0.2) is 5.91 Å². The maximum Gasteiger partial charge on any atom is 0.224 e. The van der Waals surface area contributed by atoms with Crippen LogP contribution in [0.2, 0.25) is 0 Å². The van der Waals surface area contributed by atoms with E-state index in [0.29, 0.717) is 13.0 Å². The molecule has 15 heavy (non-hydrogen) atoms. The van der Waals surface area contributed by atoms with Crippen molar-refractivity contribution in [2.45, 2.75) is 13.0 Å². The van der Waals surface area contributed by atoms with Gasteiger partial charge in [-0.15, -0.1) is 0 Å². The predicted molar refractivity (Wildman–Crippen MR) is 59.5 cm³/mol. The highest BCUT2D eigenvalue weighted by molar-refractivity contribution is 5.88. The molecular formula is C13H11NO. The van der Waals surface area contributed by atoms with E-state index in [9.17, 15) is 4.79 Å². The van der Waals surface area contributed by atoms with Crippen molar-refractivity contribution >= 4 is 16.7 Å². The zero-order valence-corrected chi connectivity index (χ0v) is 8.29. The monoisotopic (exact) mass is 197 g/mol. The summed E-state index contributed by atoms with van der Waals surface area (Å²) < 4.78 is 0. The first-order valence-electron chi connectivity index (χ1n) is 5.10. The van der Waals surface area contributed by atoms with Gasteiger partial charge in [-0.05, 0) is 28.0 Å². The average molecular weight is 197 g/mol. The van der Waals surface area contributed by atoms with E-state index in [2.05, 4.69) is 29.6 Å². The molecule has 0 bridgehead atoms. The Balaban J connectivity index is 2.24. The van der Waals surface area contributed by atoms with Crippen LogP contribution in [0.25, 0.3) is 10.8 Å². The lowest BCUT2D eigenvalue weighted by Crippen LogP contribution is -2.30. The number of carbonyl (C=O) groups excluding carboxylic acids is 1. The minimum atomic E-state index is 0.123. The van der Waals surface area contributed by atoms with Crippen molar-refractivity contribution in [3.05, 3.63) is 47.5 Å². The lowest BCUT2D eigenvalue weighted by molar-refractivity contribution is -0.121. The fraction of sp³-hybridized carbons (Fsp3) is 0.154. The Kier molecular flexibility index (Phi) is 1.75. The Labute approximate surface area is 87.9 Å².